The fraction of sp³-hybridized carbons (Fsp3) is 0.350. The molecular formula is C20H23N5O. The summed E-state index contributed by atoms with van der Waals surface area (Å²) in [6.45, 7) is 7.16. The lowest BCUT2D eigenvalue weighted by atomic mass is 10.2. The number of imidazole rings is 1. The van der Waals surface area contributed by atoms with Crippen LogP contribution in [-0.2, 0) is 6.42 Å². The van der Waals surface area contributed by atoms with Crippen molar-refractivity contribution in [3.05, 3.63) is 59.7 Å². The van der Waals surface area contributed by atoms with E-state index >= 15 is 0 Å². The van der Waals surface area contributed by atoms with Crippen molar-refractivity contribution in [1.82, 2.24) is 19.3 Å². The Morgan fingerprint density at radius 3 is 2.62 bits per heavy atom. The highest BCUT2D eigenvalue weighted by Crippen LogP contribution is 2.17. The Morgan fingerprint density at radius 2 is 1.92 bits per heavy atom. The molecule has 0 aromatic carbocycles. The molecule has 4 heterocycles. The molecule has 1 saturated heterocycles. The first-order chi connectivity index (χ1) is 12.7. The lowest BCUT2D eigenvalue weighted by molar-refractivity contribution is 0.0746. The van der Waals surface area contributed by atoms with Gasteiger partial charge in [0.15, 0.2) is 0 Å². The first kappa shape index (κ1) is 16.6. The van der Waals surface area contributed by atoms with Crippen LogP contribution < -0.4 is 4.90 Å². The van der Waals surface area contributed by atoms with Crippen LogP contribution in [0.5, 0.6) is 0 Å². The van der Waals surface area contributed by atoms with Crippen LogP contribution in [0.4, 0.5) is 5.82 Å². The molecule has 0 aliphatic carbocycles. The summed E-state index contributed by atoms with van der Waals surface area (Å²) in [5.74, 6) is 1.06. The smallest absolute Gasteiger partial charge is 0.255 e. The maximum Gasteiger partial charge on any atom is 0.255 e. The molecule has 1 fully saturated rings. The predicted molar refractivity (Wildman–Crippen MR) is 102 cm³/mol. The summed E-state index contributed by atoms with van der Waals surface area (Å²) in [6.07, 6.45) is 4.62. The van der Waals surface area contributed by atoms with Gasteiger partial charge in [-0.25, -0.2) is 9.97 Å². The number of carbonyl (C=O) groups excluding carboxylic acids is 1. The van der Waals surface area contributed by atoms with E-state index in [0.29, 0.717) is 18.7 Å². The van der Waals surface area contributed by atoms with E-state index in [1.165, 1.54) is 0 Å². The number of amides is 1. The van der Waals surface area contributed by atoms with Gasteiger partial charge >= 0.3 is 0 Å². The van der Waals surface area contributed by atoms with Crippen molar-refractivity contribution in [2.45, 2.75) is 20.3 Å². The third-order valence-electron chi connectivity index (χ3n) is 5.08. The van der Waals surface area contributed by atoms with Gasteiger partial charge in [-0.3, -0.25) is 4.79 Å². The number of anilines is 1. The number of rotatable bonds is 3. The molecule has 3 aromatic rings. The number of hydrogen-bond donors (Lipinski definition) is 0. The molecule has 0 radical (unpaired) electrons. The van der Waals surface area contributed by atoms with E-state index in [2.05, 4.69) is 28.7 Å². The van der Waals surface area contributed by atoms with Gasteiger partial charge in [-0.1, -0.05) is 13.0 Å². The van der Waals surface area contributed by atoms with Crippen LogP contribution in [0.2, 0.25) is 0 Å². The van der Waals surface area contributed by atoms with Crippen LogP contribution in [-0.4, -0.2) is 51.4 Å². The Balaban J connectivity index is 1.50. The van der Waals surface area contributed by atoms with Crippen LogP contribution in [0.25, 0.3) is 5.65 Å². The van der Waals surface area contributed by atoms with Crippen LogP contribution >= 0.6 is 0 Å². The van der Waals surface area contributed by atoms with Gasteiger partial charge in [-0.2, -0.15) is 0 Å². The second kappa shape index (κ2) is 6.78. The highest BCUT2D eigenvalue weighted by Gasteiger charge is 2.23. The number of aromatic nitrogens is 3. The molecule has 0 saturated carbocycles. The van der Waals surface area contributed by atoms with Gasteiger partial charge in [0, 0.05) is 44.3 Å². The lowest BCUT2D eigenvalue weighted by Gasteiger charge is -2.35. The molecule has 4 rings (SSSR count). The second-order valence-corrected chi connectivity index (χ2v) is 6.61. The maximum atomic E-state index is 12.9. The fourth-order valence-corrected chi connectivity index (χ4v) is 3.53. The second-order valence-electron chi connectivity index (χ2n) is 6.61. The van der Waals surface area contributed by atoms with Crippen LogP contribution in [0.3, 0.4) is 0 Å². The highest BCUT2D eigenvalue weighted by atomic mass is 16.2. The first-order valence-electron chi connectivity index (χ1n) is 9.10. The minimum Gasteiger partial charge on any atom is -0.353 e. The number of pyridine rings is 2. The van der Waals surface area contributed by atoms with E-state index in [9.17, 15) is 4.79 Å². The molecule has 0 atom stereocenters. The largest absolute Gasteiger partial charge is 0.353 e. The Hall–Kier alpha value is -2.89. The quantitative estimate of drug-likeness (QED) is 0.729. The number of fused-ring (bicyclic) bond motifs is 1. The summed E-state index contributed by atoms with van der Waals surface area (Å²) in [5.41, 5.74) is 3.80. The Bertz CT molecular complexity index is 926. The Labute approximate surface area is 153 Å². The fourth-order valence-electron chi connectivity index (χ4n) is 3.53. The van der Waals surface area contributed by atoms with Crippen molar-refractivity contribution in [2.24, 2.45) is 0 Å². The summed E-state index contributed by atoms with van der Waals surface area (Å²) in [6, 6.07) is 9.74. The summed E-state index contributed by atoms with van der Waals surface area (Å²) in [4.78, 5) is 26.1. The zero-order valence-electron chi connectivity index (χ0n) is 15.2. The molecule has 26 heavy (non-hydrogen) atoms. The Kier molecular flexibility index (Phi) is 4.32. The van der Waals surface area contributed by atoms with Crippen LogP contribution in [0.15, 0.2) is 42.7 Å². The number of aryl methyl sites for hydroxylation is 2. The van der Waals surface area contributed by atoms with Gasteiger partial charge in [0.2, 0.25) is 0 Å². The average molecular weight is 349 g/mol. The zero-order chi connectivity index (χ0) is 18.1. The topological polar surface area (TPSA) is 53.7 Å². The zero-order valence-corrected chi connectivity index (χ0v) is 15.2. The molecule has 0 spiro atoms. The van der Waals surface area contributed by atoms with Crippen LogP contribution in [0, 0.1) is 6.92 Å². The summed E-state index contributed by atoms with van der Waals surface area (Å²) in [5, 5.41) is 0. The normalized spacial score (nSPS) is 14.8. The molecular weight excluding hydrogens is 326 g/mol. The molecule has 6 nitrogen and oxygen atoms in total. The number of hydrogen-bond acceptors (Lipinski definition) is 4. The van der Waals surface area contributed by atoms with Gasteiger partial charge in [-0.15, -0.1) is 0 Å². The van der Waals surface area contributed by atoms with E-state index < -0.39 is 0 Å². The van der Waals surface area contributed by atoms with Gasteiger partial charge < -0.3 is 14.2 Å². The number of nitrogens with zero attached hydrogens (tertiary/aromatic N) is 5. The molecule has 1 aliphatic heterocycles. The van der Waals surface area contributed by atoms with Gasteiger partial charge in [-0.05, 0) is 37.6 Å². The maximum absolute atomic E-state index is 12.9. The SMILES string of the molecule is CCc1nc2ccc(C(=O)N3CCN(c4ccccn4)CC3)cn2c1C. The number of carbonyl (C=O) groups is 1. The standard InChI is InChI=1S/C20H23N5O/c1-3-17-15(2)25-14-16(7-8-19(25)22-17)20(26)24-12-10-23(11-13-24)18-6-4-5-9-21-18/h4-9,14H,3,10-13H2,1-2H3. The Morgan fingerprint density at radius 1 is 1.12 bits per heavy atom. The minimum atomic E-state index is 0.0821. The molecule has 134 valence electrons. The van der Waals surface area contributed by atoms with Crippen molar-refractivity contribution < 1.29 is 4.79 Å². The van der Waals surface area contributed by atoms with Gasteiger partial charge in [0.25, 0.3) is 5.91 Å². The summed E-state index contributed by atoms with van der Waals surface area (Å²) in [7, 11) is 0. The third kappa shape index (κ3) is 2.92. The van der Waals surface area contributed by atoms with E-state index in [1.807, 2.05) is 45.8 Å². The molecule has 1 aliphatic rings. The molecule has 6 heteroatoms. The van der Waals surface area contributed by atoms with Crippen molar-refractivity contribution in [2.75, 3.05) is 31.1 Å². The van der Waals surface area contributed by atoms with E-state index in [-0.39, 0.29) is 5.91 Å². The van der Waals surface area contributed by atoms with Crippen molar-refractivity contribution >= 4 is 17.4 Å². The minimum absolute atomic E-state index is 0.0821. The molecule has 0 unspecified atom stereocenters. The van der Waals surface area contributed by atoms with Gasteiger partial charge in [0.05, 0.1) is 11.3 Å². The van der Waals surface area contributed by atoms with E-state index in [4.69, 9.17) is 0 Å². The van der Waals surface area contributed by atoms with E-state index in [1.54, 1.807) is 6.20 Å². The van der Waals surface area contributed by atoms with Gasteiger partial charge in [0.1, 0.15) is 11.5 Å². The van der Waals surface area contributed by atoms with Crippen molar-refractivity contribution in [3.63, 3.8) is 0 Å². The monoisotopic (exact) mass is 349 g/mol. The van der Waals surface area contributed by atoms with E-state index in [0.717, 1.165) is 42.4 Å². The number of piperazine rings is 1. The molecule has 0 N–H and O–H groups in total. The first-order valence-corrected chi connectivity index (χ1v) is 9.10. The predicted octanol–water partition coefficient (Wildman–Crippen LogP) is 2.56. The lowest BCUT2D eigenvalue weighted by Crippen LogP contribution is -2.49. The molecule has 0 bridgehead atoms. The highest BCUT2D eigenvalue weighted by molar-refractivity contribution is 5.94. The third-order valence-corrected chi connectivity index (χ3v) is 5.08. The summed E-state index contributed by atoms with van der Waals surface area (Å²) < 4.78 is 2.02. The average Bonchev–Trinajstić information content (AvgIpc) is 3.03. The van der Waals surface area contributed by atoms with Crippen LogP contribution in [0.1, 0.15) is 28.7 Å². The molecule has 3 aromatic heterocycles. The molecule has 1 amide bonds. The van der Waals surface area contributed by atoms with Crippen molar-refractivity contribution in [3.8, 4) is 0 Å². The van der Waals surface area contributed by atoms with Crippen molar-refractivity contribution in [1.29, 1.82) is 0 Å². The summed E-state index contributed by atoms with van der Waals surface area (Å²) >= 11 is 0.